The monoisotopic (exact) mass is 312 g/mol. The number of unbranched alkanes of at least 4 members (excludes halogenated alkanes) is 5. The predicted octanol–water partition coefficient (Wildman–Crippen LogP) is 3.52. The van der Waals surface area contributed by atoms with Crippen molar-refractivity contribution in [3.63, 3.8) is 0 Å². The van der Waals surface area contributed by atoms with Crippen LogP contribution in [-0.4, -0.2) is 15.0 Å². The number of nitrogen functional groups attached to an aromatic ring is 1. The quantitative estimate of drug-likeness (QED) is 0.541. The Labute approximate surface area is 129 Å². The molecule has 0 aliphatic heterocycles. The molecule has 0 aliphatic carbocycles. The van der Waals surface area contributed by atoms with Crippen molar-refractivity contribution in [3.05, 3.63) is 23.3 Å². The molecule has 0 bridgehead atoms. The van der Waals surface area contributed by atoms with Gasteiger partial charge in [-0.3, -0.25) is 0 Å². The van der Waals surface area contributed by atoms with Crippen LogP contribution in [0.15, 0.2) is 17.0 Å². The van der Waals surface area contributed by atoms with Crippen LogP contribution in [0.3, 0.4) is 0 Å². The number of rotatable bonds is 9. The van der Waals surface area contributed by atoms with Gasteiger partial charge < -0.3 is 5.73 Å². The number of benzene rings is 1. The Hall–Kier alpha value is -1.07. The van der Waals surface area contributed by atoms with Gasteiger partial charge in [-0.2, -0.15) is 0 Å². The van der Waals surface area contributed by atoms with E-state index in [0.717, 1.165) is 18.4 Å². The molecule has 5 heteroatoms. The van der Waals surface area contributed by atoms with Gasteiger partial charge in [-0.1, -0.05) is 39.0 Å². The van der Waals surface area contributed by atoms with Crippen LogP contribution in [0.2, 0.25) is 0 Å². The molecule has 1 rings (SSSR count). The van der Waals surface area contributed by atoms with Gasteiger partial charge in [-0.15, -0.1) is 0 Å². The van der Waals surface area contributed by atoms with Crippen molar-refractivity contribution in [2.45, 2.75) is 64.2 Å². The summed E-state index contributed by atoms with van der Waals surface area (Å²) in [5.41, 5.74) is 7.85. The zero-order chi connectivity index (χ0) is 15.9. The molecule has 0 aromatic heterocycles. The van der Waals surface area contributed by atoms with E-state index in [1.165, 1.54) is 25.7 Å². The first kappa shape index (κ1) is 18.0. The Balaban J connectivity index is 2.55. The molecule has 0 fully saturated rings. The van der Waals surface area contributed by atoms with Crippen LogP contribution in [0.4, 0.5) is 5.69 Å². The predicted molar refractivity (Wildman–Crippen MR) is 88.9 cm³/mol. The summed E-state index contributed by atoms with van der Waals surface area (Å²) in [4.78, 5) is 0.297. The van der Waals surface area contributed by atoms with Crippen LogP contribution in [0.25, 0.3) is 0 Å². The first-order valence-electron chi connectivity index (χ1n) is 7.75. The van der Waals surface area contributed by atoms with Crippen molar-refractivity contribution in [3.8, 4) is 0 Å². The number of nitrogens with two attached hydrogens (primary N) is 1. The smallest absolute Gasteiger partial charge is 0.240 e. The van der Waals surface area contributed by atoms with Gasteiger partial charge in [-0.25, -0.2) is 13.1 Å². The summed E-state index contributed by atoms with van der Waals surface area (Å²) in [6.07, 6.45) is 6.83. The molecule has 3 N–H and O–H groups in total. The molecule has 120 valence electrons. The van der Waals surface area contributed by atoms with Crippen molar-refractivity contribution in [1.82, 2.24) is 4.72 Å². The molecule has 4 nitrogen and oxygen atoms in total. The number of hydrogen-bond donors (Lipinski definition) is 2. The second-order valence-electron chi connectivity index (χ2n) is 5.64. The second-order valence-corrected chi connectivity index (χ2v) is 7.38. The van der Waals surface area contributed by atoms with Gasteiger partial charge in [0.25, 0.3) is 0 Å². The van der Waals surface area contributed by atoms with Crippen molar-refractivity contribution in [2.24, 2.45) is 0 Å². The summed E-state index contributed by atoms with van der Waals surface area (Å²) < 4.78 is 27.3. The fourth-order valence-electron chi connectivity index (χ4n) is 2.32. The van der Waals surface area contributed by atoms with E-state index in [1.54, 1.807) is 19.1 Å². The minimum absolute atomic E-state index is 0.297. The van der Waals surface area contributed by atoms with E-state index < -0.39 is 10.0 Å². The molecule has 0 radical (unpaired) electrons. The normalized spacial score (nSPS) is 11.8. The van der Waals surface area contributed by atoms with E-state index in [0.29, 0.717) is 22.7 Å². The van der Waals surface area contributed by atoms with Gasteiger partial charge in [0.05, 0.1) is 4.90 Å². The van der Waals surface area contributed by atoms with Gasteiger partial charge >= 0.3 is 0 Å². The Morgan fingerprint density at radius 2 is 1.67 bits per heavy atom. The number of sulfonamides is 1. The third kappa shape index (κ3) is 5.67. The van der Waals surface area contributed by atoms with E-state index in [4.69, 9.17) is 5.73 Å². The Morgan fingerprint density at radius 3 is 2.33 bits per heavy atom. The standard InChI is InChI=1S/C16H28N2O2S/c1-4-5-6-7-8-9-10-18-21(19,20)16-12-13(2)11-15(17)14(16)3/h11-12,18H,4-10,17H2,1-3H3. The van der Waals surface area contributed by atoms with Gasteiger partial charge in [0.1, 0.15) is 0 Å². The van der Waals surface area contributed by atoms with Crippen molar-refractivity contribution in [2.75, 3.05) is 12.3 Å². The van der Waals surface area contributed by atoms with Crippen molar-refractivity contribution >= 4 is 15.7 Å². The van der Waals surface area contributed by atoms with E-state index in [-0.39, 0.29) is 0 Å². The minimum atomic E-state index is -3.46. The molecule has 0 saturated carbocycles. The zero-order valence-corrected chi connectivity index (χ0v) is 14.2. The molecule has 21 heavy (non-hydrogen) atoms. The SMILES string of the molecule is CCCCCCCCNS(=O)(=O)c1cc(C)cc(N)c1C. The summed E-state index contributed by atoms with van der Waals surface area (Å²) >= 11 is 0. The number of hydrogen-bond acceptors (Lipinski definition) is 3. The maximum atomic E-state index is 12.3. The van der Waals surface area contributed by atoms with Crippen LogP contribution < -0.4 is 10.5 Å². The lowest BCUT2D eigenvalue weighted by atomic mass is 10.1. The van der Waals surface area contributed by atoms with Crippen LogP contribution in [-0.2, 0) is 10.0 Å². The van der Waals surface area contributed by atoms with Crippen LogP contribution in [0.5, 0.6) is 0 Å². The number of anilines is 1. The zero-order valence-electron chi connectivity index (χ0n) is 13.4. The third-order valence-corrected chi connectivity index (χ3v) is 5.24. The Kier molecular flexibility index (Phi) is 7.18. The molecule has 0 spiro atoms. The first-order valence-corrected chi connectivity index (χ1v) is 9.23. The van der Waals surface area contributed by atoms with E-state index in [9.17, 15) is 8.42 Å². The van der Waals surface area contributed by atoms with Crippen molar-refractivity contribution < 1.29 is 8.42 Å². The molecule has 0 heterocycles. The van der Waals surface area contributed by atoms with E-state index >= 15 is 0 Å². The Bertz CT molecular complexity index is 554. The lowest BCUT2D eigenvalue weighted by Crippen LogP contribution is -2.25. The summed E-state index contributed by atoms with van der Waals surface area (Å²) in [5.74, 6) is 0. The van der Waals surface area contributed by atoms with Crippen molar-refractivity contribution in [1.29, 1.82) is 0 Å². The highest BCUT2D eigenvalue weighted by Crippen LogP contribution is 2.22. The summed E-state index contributed by atoms with van der Waals surface area (Å²) in [5, 5.41) is 0. The number of aryl methyl sites for hydroxylation is 1. The molecule has 0 saturated heterocycles. The minimum Gasteiger partial charge on any atom is -0.398 e. The first-order chi connectivity index (χ1) is 9.88. The molecule has 0 unspecified atom stereocenters. The van der Waals surface area contributed by atoms with Gasteiger partial charge in [-0.05, 0) is 43.5 Å². The fourth-order valence-corrected chi connectivity index (χ4v) is 3.75. The molecule has 1 aromatic carbocycles. The fraction of sp³-hybridized carbons (Fsp3) is 0.625. The maximum Gasteiger partial charge on any atom is 0.240 e. The molecule has 0 atom stereocenters. The molecule has 0 amide bonds. The highest BCUT2D eigenvalue weighted by molar-refractivity contribution is 7.89. The van der Waals surface area contributed by atoms with E-state index in [1.807, 2.05) is 6.92 Å². The molecular formula is C16H28N2O2S. The third-order valence-electron chi connectivity index (χ3n) is 3.66. The average Bonchev–Trinajstić information content (AvgIpc) is 2.41. The summed E-state index contributed by atoms with van der Waals surface area (Å²) in [6, 6.07) is 3.47. The molecular weight excluding hydrogens is 284 g/mol. The van der Waals surface area contributed by atoms with E-state index in [2.05, 4.69) is 11.6 Å². The molecule has 1 aromatic rings. The summed E-state index contributed by atoms with van der Waals surface area (Å²) in [7, 11) is -3.46. The van der Waals surface area contributed by atoms with Gasteiger partial charge in [0, 0.05) is 12.2 Å². The topological polar surface area (TPSA) is 72.2 Å². The van der Waals surface area contributed by atoms with Gasteiger partial charge in [0.2, 0.25) is 10.0 Å². The van der Waals surface area contributed by atoms with Crippen LogP contribution >= 0.6 is 0 Å². The highest BCUT2D eigenvalue weighted by atomic mass is 32.2. The number of nitrogens with one attached hydrogen (secondary N) is 1. The van der Waals surface area contributed by atoms with Crippen LogP contribution in [0, 0.1) is 13.8 Å². The second kappa shape index (κ2) is 8.39. The maximum absolute atomic E-state index is 12.3. The molecule has 0 aliphatic rings. The highest BCUT2D eigenvalue weighted by Gasteiger charge is 2.18. The van der Waals surface area contributed by atoms with Crippen LogP contribution in [0.1, 0.15) is 56.6 Å². The average molecular weight is 312 g/mol. The van der Waals surface area contributed by atoms with Gasteiger partial charge in [0.15, 0.2) is 0 Å². The Morgan fingerprint density at radius 1 is 1.05 bits per heavy atom. The summed E-state index contributed by atoms with van der Waals surface area (Å²) in [6.45, 7) is 6.27. The lowest BCUT2D eigenvalue weighted by Gasteiger charge is -2.12. The lowest BCUT2D eigenvalue weighted by molar-refractivity contribution is 0.567. The largest absolute Gasteiger partial charge is 0.398 e.